The lowest BCUT2D eigenvalue weighted by atomic mass is 10.0. The molecule has 3 rings (SSSR count). The molecule has 0 bridgehead atoms. The summed E-state index contributed by atoms with van der Waals surface area (Å²) in [6.45, 7) is 0. The van der Waals surface area contributed by atoms with Gasteiger partial charge in [-0.2, -0.15) is 15.6 Å². The van der Waals surface area contributed by atoms with Crippen LogP contribution in [0, 0.1) is 22.7 Å². The third-order valence-corrected chi connectivity index (χ3v) is 4.56. The van der Waals surface area contributed by atoms with Crippen molar-refractivity contribution in [2.75, 3.05) is 0 Å². The van der Waals surface area contributed by atoms with E-state index in [2.05, 4.69) is 17.2 Å². The van der Waals surface area contributed by atoms with Gasteiger partial charge < -0.3 is 0 Å². The molecule has 0 atom stereocenters. The molecule has 3 aromatic rings. The highest BCUT2D eigenvalue weighted by molar-refractivity contribution is 6.35. The van der Waals surface area contributed by atoms with Gasteiger partial charge in [-0.15, -0.1) is 0 Å². The van der Waals surface area contributed by atoms with Gasteiger partial charge in [-0.05, 0) is 30.2 Å². The Bertz CT molecular complexity index is 1090. The Morgan fingerprint density at radius 3 is 2.44 bits per heavy atom. The number of aromatic nitrogens is 2. The van der Waals surface area contributed by atoms with E-state index < -0.39 is 0 Å². The fraction of sp³-hybridized carbons (Fsp3) is 0.100. The Kier molecular flexibility index (Phi) is 5.57. The minimum Gasteiger partial charge on any atom is -0.296 e. The van der Waals surface area contributed by atoms with Gasteiger partial charge in [0.05, 0.1) is 22.5 Å². The molecule has 0 saturated carbocycles. The maximum absolute atomic E-state index is 11.4. The maximum atomic E-state index is 11.4. The second kappa shape index (κ2) is 8.05. The van der Waals surface area contributed by atoms with E-state index in [-0.39, 0.29) is 11.3 Å². The number of rotatable bonds is 5. The highest BCUT2D eigenvalue weighted by atomic mass is 35.5. The first-order chi connectivity index (χ1) is 13.1. The Morgan fingerprint density at radius 1 is 1.11 bits per heavy atom. The maximum Gasteiger partial charge on any atom is 0.171 e. The number of nitriles is 2. The summed E-state index contributed by atoms with van der Waals surface area (Å²) in [4.78, 5) is 11.4. The molecule has 0 spiro atoms. The number of halogens is 2. The van der Waals surface area contributed by atoms with E-state index in [1.165, 1.54) is 4.68 Å². The largest absolute Gasteiger partial charge is 0.296 e. The average Bonchev–Trinajstić information content (AvgIpc) is 3.05. The molecule has 0 unspecified atom stereocenters. The van der Waals surface area contributed by atoms with Gasteiger partial charge in [0.15, 0.2) is 6.29 Å². The average molecular weight is 395 g/mol. The van der Waals surface area contributed by atoms with E-state index in [1.54, 1.807) is 18.2 Å². The normalized spacial score (nSPS) is 10.2. The molecule has 7 heteroatoms. The molecular formula is C20H12Cl2N4O. The van der Waals surface area contributed by atoms with Crippen molar-refractivity contribution in [2.24, 2.45) is 0 Å². The van der Waals surface area contributed by atoms with Crippen LogP contribution in [0.15, 0.2) is 42.5 Å². The van der Waals surface area contributed by atoms with Gasteiger partial charge in [-0.3, -0.25) is 4.79 Å². The summed E-state index contributed by atoms with van der Waals surface area (Å²) in [6, 6.07) is 16.5. The monoisotopic (exact) mass is 394 g/mol. The molecule has 0 aliphatic rings. The molecule has 0 fully saturated rings. The molecule has 0 aliphatic carbocycles. The van der Waals surface area contributed by atoms with Crippen molar-refractivity contribution in [3.05, 3.63) is 69.3 Å². The highest BCUT2D eigenvalue weighted by Crippen LogP contribution is 2.32. The van der Waals surface area contributed by atoms with Crippen molar-refractivity contribution >= 4 is 29.5 Å². The number of hydrogen-bond acceptors (Lipinski definition) is 4. The third-order valence-electron chi connectivity index (χ3n) is 4.03. The molecule has 2 aromatic carbocycles. The van der Waals surface area contributed by atoms with Gasteiger partial charge in [0.2, 0.25) is 0 Å². The van der Waals surface area contributed by atoms with E-state index >= 15 is 0 Å². The fourth-order valence-electron chi connectivity index (χ4n) is 2.75. The fourth-order valence-corrected chi connectivity index (χ4v) is 3.24. The van der Waals surface area contributed by atoms with Crippen molar-refractivity contribution in [1.82, 2.24) is 9.78 Å². The Hall–Kier alpha value is -3.12. The highest BCUT2D eigenvalue weighted by Gasteiger charge is 2.21. The summed E-state index contributed by atoms with van der Waals surface area (Å²) < 4.78 is 1.48. The topological polar surface area (TPSA) is 82.5 Å². The minimum atomic E-state index is 0.0343. The zero-order valence-corrected chi connectivity index (χ0v) is 15.5. The van der Waals surface area contributed by atoms with Crippen molar-refractivity contribution < 1.29 is 4.79 Å². The quantitative estimate of drug-likeness (QED) is 0.570. The second-order valence-electron chi connectivity index (χ2n) is 5.70. The number of benzene rings is 2. The van der Waals surface area contributed by atoms with Crippen LogP contribution in [0.4, 0.5) is 0 Å². The summed E-state index contributed by atoms with van der Waals surface area (Å²) in [5, 5.41) is 23.4. The number of nitrogens with zero attached hydrogens (tertiary/aromatic N) is 4. The van der Waals surface area contributed by atoms with Crippen molar-refractivity contribution in [2.45, 2.75) is 12.8 Å². The summed E-state index contributed by atoms with van der Waals surface area (Å²) in [5.74, 6) is 0. The Morgan fingerprint density at radius 2 is 1.85 bits per heavy atom. The van der Waals surface area contributed by atoms with Crippen LogP contribution < -0.4 is 0 Å². The molecule has 0 radical (unpaired) electrons. The lowest BCUT2D eigenvalue weighted by molar-refractivity contribution is 0.111. The van der Waals surface area contributed by atoms with Gasteiger partial charge in [-0.25, -0.2) is 4.68 Å². The van der Waals surface area contributed by atoms with Crippen LogP contribution in [0.5, 0.6) is 0 Å². The molecule has 27 heavy (non-hydrogen) atoms. The molecule has 132 valence electrons. The smallest absolute Gasteiger partial charge is 0.171 e. The number of carbonyl (C=O) groups excluding carboxylic acids is 1. The number of hydrogen-bond donors (Lipinski definition) is 0. The minimum absolute atomic E-state index is 0.0343. The zero-order chi connectivity index (χ0) is 19.4. The summed E-state index contributed by atoms with van der Waals surface area (Å²) >= 11 is 12.3. The van der Waals surface area contributed by atoms with Gasteiger partial charge in [0, 0.05) is 17.0 Å². The number of aryl methyl sites for hydroxylation is 1. The molecule has 1 heterocycles. The van der Waals surface area contributed by atoms with Gasteiger partial charge in [-0.1, -0.05) is 47.5 Å². The second-order valence-corrected chi connectivity index (χ2v) is 6.54. The van der Waals surface area contributed by atoms with Crippen molar-refractivity contribution in [3.63, 3.8) is 0 Å². The lowest BCUT2D eigenvalue weighted by Crippen LogP contribution is -2.01. The predicted octanol–water partition coefficient (Wildman–Crippen LogP) is 4.99. The summed E-state index contributed by atoms with van der Waals surface area (Å²) in [5.41, 5.74) is 2.89. The van der Waals surface area contributed by atoms with E-state index in [1.807, 2.05) is 24.3 Å². The van der Waals surface area contributed by atoms with Crippen LogP contribution in [0.2, 0.25) is 10.0 Å². The van der Waals surface area contributed by atoms with Gasteiger partial charge in [0.1, 0.15) is 17.3 Å². The lowest BCUT2D eigenvalue weighted by Gasteiger charge is -2.10. The third kappa shape index (κ3) is 3.71. The van der Waals surface area contributed by atoms with Crippen LogP contribution >= 0.6 is 23.2 Å². The molecular weight excluding hydrogens is 383 g/mol. The van der Waals surface area contributed by atoms with E-state index in [9.17, 15) is 10.1 Å². The first-order valence-electron chi connectivity index (χ1n) is 7.99. The van der Waals surface area contributed by atoms with Crippen LogP contribution in [-0.2, 0) is 6.42 Å². The van der Waals surface area contributed by atoms with Crippen LogP contribution in [0.1, 0.15) is 28.0 Å². The standard InChI is InChI=1S/C20H12Cl2N4O/c21-15-7-8-19(17(22)10-15)26-20(16(11-24)18(12-27)25-26)14-5-3-13(4-6-14)2-1-9-23/h3-8,10,12H,1-2H2. The first-order valence-corrected chi connectivity index (χ1v) is 8.74. The molecule has 5 nitrogen and oxygen atoms in total. The van der Waals surface area contributed by atoms with Crippen molar-refractivity contribution in [3.8, 4) is 29.1 Å². The number of aldehydes is 1. The molecule has 0 aliphatic heterocycles. The van der Waals surface area contributed by atoms with E-state index in [0.29, 0.717) is 46.1 Å². The van der Waals surface area contributed by atoms with Crippen LogP contribution in [0.3, 0.4) is 0 Å². The van der Waals surface area contributed by atoms with Gasteiger partial charge in [0.25, 0.3) is 0 Å². The van der Waals surface area contributed by atoms with Crippen LogP contribution in [-0.4, -0.2) is 16.1 Å². The predicted molar refractivity (Wildman–Crippen MR) is 103 cm³/mol. The molecule has 0 N–H and O–H groups in total. The summed E-state index contributed by atoms with van der Waals surface area (Å²) in [6.07, 6.45) is 1.61. The van der Waals surface area contributed by atoms with E-state index in [0.717, 1.165) is 5.56 Å². The molecule has 1 aromatic heterocycles. The summed E-state index contributed by atoms with van der Waals surface area (Å²) in [7, 11) is 0. The van der Waals surface area contributed by atoms with Gasteiger partial charge >= 0.3 is 0 Å². The first kappa shape index (κ1) is 18.7. The molecule has 0 saturated heterocycles. The van der Waals surface area contributed by atoms with Crippen molar-refractivity contribution in [1.29, 1.82) is 10.5 Å². The molecule has 0 amide bonds. The SMILES string of the molecule is N#CCCc1ccc(-c2c(C#N)c(C=O)nn2-c2ccc(Cl)cc2Cl)cc1. The Labute approximate surface area is 166 Å². The number of carbonyl (C=O) groups is 1. The van der Waals surface area contributed by atoms with E-state index in [4.69, 9.17) is 28.5 Å². The zero-order valence-electron chi connectivity index (χ0n) is 14.0. The Balaban J connectivity index is 2.19. The van der Waals surface area contributed by atoms with Crippen LogP contribution in [0.25, 0.3) is 16.9 Å².